The minimum atomic E-state index is -2.27. The van der Waals surface area contributed by atoms with E-state index in [0.717, 1.165) is 5.01 Å². The van der Waals surface area contributed by atoms with Crippen LogP contribution in [-0.2, 0) is 28.7 Å². The number of benzene rings is 1. The number of hydrogen-bond donors (Lipinski definition) is 0. The second-order valence-corrected chi connectivity index (χ2v) is 10.2. The fourth-order valence-electron chi connectivity index (χ4n) is 3.50. The zero-order valence-corrected chi connectivity index (χ0v) is 23.3. The molecule has 0 aromatic heterocycles. The lowest BCUT2D eigenvalue weighted by atomic mass is 9.83. The molecule has 38 heavy (non-hydrogen) atoms. The zero-order chi connectivity index (χ0) is 29.1. The fourth-order valence-corrected chi connectivity index (χ4v) is 3.50. The maximum absolute atomic E-state index is 13.8. The summed E-state index contributed by atoms with van der Waals surface area (Å²) in [5.41, 5.74) is -3.95. The van der Waals surface area contributed by atoms with Crippen molar-refractivity contribution in [3.8, 4) is 0 Å². The van der Waals surface area contributed by atoms with Gasteiger partial charge in [-0.3, -0.25) is 9.63 Å². The van der Waals surface area contributed by atoms with Crippen molar-refractivity contribution >= 4 is 35.5 Å². The number of carbonyl (C=O) groups is 4. The second kappa shape index (κ2) is 11.1. The molecule has 2 amide bonds. The first-order valence-electron chi connectivity index (χ1n) is 11.6. The Labute approximate surface area is 221 Å². The largest absolute Gasteiger partial charge is 0.534 e. The summed E-state index contributed by atoms with van der Waals surface area (Å²) in [4.78, 5) is 62.5. The van der Waals surface area contributed by atoms with Gasteiger partial charge in [-0.25, -0.2) is 19.4 Å². The minimum absolute atomic E-state index is 0.0610. The molecule has 1 aromatic rings. The lowest BCUT2D eigenvalue weighted by Gasteiger charge is -2.37. The van der Waals surface area contributed by atoms with E-state index >= 15 is 0 Å². The van der Waals surface area contributed by atoms with E-state index in [1.165, 1.54) is 52.5 Å². The molecule has 1 aliphatic rings. The molecule has 0 fully saturated rings. The van der Waals surface area contributed by atoms with Crippen LogP contribution >= 0.6 is 0 Å². The second-order valence-electron chi connectivity index (χ2n) is 10.2. The molecule has 1 heterocycles. The summed E-state index contributed by atoms with van der Waals surface area (Å²) in [6.45, 7) is 11.0. The Hall–Kier alpha value is -4.16. The molecular formula is C25H34N4O9. The van der Waals surface area contributed by atoms with Crippen LogP contribution in [0.2, 0.25) is 0 Å². The molecule has 13 nitrogen and oxygen atoms in total. The molecule has 0 N–H and O–H groups in total. The normalized spacial score (nSPS) is 17.9. The molecule has 1 unspecified atom stereocenters. The summed E-state index contributed by atoms with van der Waals surface area (Å²) in [5.74, 6) is -1.39. The van der Waals surface area contributed by atoms with Crippen molar-refractivity contribution in [2.75, 3.05) is 21.3 Å². The number of rotatable bonds is 5. The molecule has 0 saturated heterocycles. The molecular weight excluding hydrogens is 500 g/mol. The lowest BCUT2D eigenvalue weighted by molar-refractivity contribution is -0.169. The molecule has 0 bridgehead atoms. The number of hydroxylamine groups is 2. The summed E-state index contributed by atoms with van der Waals surface area (Å²) in [6, 6.07) is 5.89. The molecule has 208 valence electrons. The van der Waals surface area contributed by atoms with Crippen LogP contribution in [-0.4, -0.2) is 83.6 Å². The number of carbonyl (C=O) groups excluding carboxylic acids is 4. The first-order valence-corrected chi connectivity index (χ1v) is 11.6. The smallest absolute Gasteiger partial charge is 0.465 e. The topological polar surface area (TPSA) is 146 Å². The van der Waals surface area contributed by atoms with Crippen LogP contribution < -0.4 is 0 Å². The van der Waals surface area contributed by atoms with Gasteiger partial charge in [-0.15, -0.1) is 5.06 Å². The maximum Gasteiger partial charge on any atom is 0.534 e. The van der Waals surface area contributed by atoms with Crippen LogP contribution in [0.4, 0.5) is 9.59 Å². The van der Waals surface area contributed by atoms with E-state index < -0.39 is 40.9 Å². The number of oxime groups is 1. The number of hydrazone groups is 1. The Kier molecular flexibility index (Phi) is 8.76. The van der Waals surface area contributed by atoms with Crippen molar-refractivity contribution in [1.82, 2.24) is 10.1 Å². The van der Waals surface area contributed by atoms with Gasteiger partial charge in [0.1, 0.15) is 24.0 Å². The summed E-state index contributed by atoms with van der Waals surface area (Å²) in [5, 5.41) is 9.67. The van der Waals surface area contributed by atoms with Gasteiger partial charge in [0.25, 0.3) is 5.91 Å². The molecule has 1 atom stereocenters. The van der Waals surface area contributed by atoms with E-state index in [-0.39, 0.29) is 17.0 Å². The van der Waals surface area contributed by atoms with Crippen LogP contribution in [0.25, 0.3) is 0 Å². The highest BCUT2D eigenvalue weighted by Gasteiger charge is 2.63. The van der Waals surface area contributed by atoms with Gasteiger partial charge in [-0.2, -0.15) is 5.10 Å². The Morgan fingerprint density at radius 3 is 2.00 bits per heavy atom. The third-order valence-corrected chi connectivity index (χ3v) is 4.95. The Bertz CT molecular complexity index is 1150. The highest BCUT2D eigenvalue weighted by atomic mass is 16.8. The van der Waals surface area contributed by atoms with Crippen molar-refractivity contribution in [2.24, 2.45) is 10.3 Å². The SMILES string of the molecule is CON=C(C)C1(N(OC(=O)OC(C)(C)C)C(=O)OC(C)(C)C)C(=O)N(C)N=C1c1ccc(C(=O)OC)cc1. The van der Waals surface area contributed by atoms with E-state index in [1.807, 2.05) is 0 Å². The van der Waals surface area contributed by atoms with E-state index in [0.29, 0.717) is 10.6 Å². The number of methoxy groups -OCH3 is 1. The van der Waals surface area contributed by atoms with Crippen LogP contribution in [0.5, 0.6) is 0 Å². The maximum atomic E-state index is 13.8. The van der Waals surface area contributed by atoms with Crippen molar-refractivity contribution in [3.05, 3.63) is 35.4 Å². The summed E-state index contributed by atoms with van der Waals surface area (Å²) < 4.78 is 15.5. The van der Waals surface area contributed by atoms with Gasteiger partial charge in [-0.05, 0) is 60.6 Å². The molecule has 0 aliphatic carbocycles. The molecule has 1 aliphatic heterocycles. The highest BCUT2D eigenvalue weighted by Crippen LogP contribution is 2.34. The fraction of sp³-hybridized carbons (Fsp3) is 0.520. The minimum Gasteiger partial charge on any atom is -0.465 e. The molecule has 2 rings (SSSR count). The van der Waals surface area contributed by atoms with Crippen molar-refractivity contribution in [1.29, 1.82) is 0 Å². The van der Waals surface area contributed by atoms with Crippen LogP contribution in [0, 0.1) is 0 Å². The standard InChI is InChI=1S/C25H34N4O9/c1-15(27-35-10)25(29(21(32)36-23(2,3)4)38-22(33)37-24(5,6)7)18(26-28(8)20(25)31)16-11-13-17(14-12-16)19(30)34-9/h11-14H,1-10H3. The van der Waals surface area contributed by atoms with Gasteiger partial charge >= 0.3 is 18.2 Å². The van der Waals surface area contributed by atoms with Crippen molar-refractivity contribution in [3.63, 3.8) is 0 Å². The average Bonchev–Trinajstić information content (AvgIpc) is 3.06. The number of esters is 1. The zero-order valence-electron chi connectivity index (χ0n) is 23.3. The lowest BCUT2D eigenvalue weighted by Crippen LogP contribution is -2.66. The first kappa shape index (κ1) is 30.1. The van der Waals surface area contributed by atoms with E-state index in [1.54, 1.807) is 41.5 Å². The highest BCUT2D eigenvalue weighted by molar-refractivity contribution is 6.38. The van der Waals surface area contributed by atoms with Crippen LogP contribution in [0.15, 0.2) is 34.5 Å². The van der Waals surface area contributed by atoms with Crippen LogP contribution in [0.3, 0.4) is 0 Å². The quantitative estimate of drug-likeness (QED) is 0.240. The van der Waals surface area contributed by atoms with Gasteiger partial charge in [-0.1, -0.05) is 17.3 Å². The van der Waals surface area contributed by atoms with Gasteiger partial charge < -0.3 is 19.0 Å². The average molecular weight is 535 g/mol. The Balaban J connectivity index is 2.83. The van der Waals surface area contributed by atoms with Gasteiger partial charge in [0.05, 0.1) is 18.4 Å². The summed E-state index contributed by atoms with van der Waals surface area (Å²) in [6.07, 6.45) is -2.48. The van der Waals surface area contributed by atoms with Gasteiger partial charge in [0.2, 0.25) is 5.54 Å². The number of hydrogen-bond acceptors (Lipinski definition) is 11. The molecule has 0 saturated carbocycles. The van der Waals surface area contributed by atoms with Crippen molar-refractivity contribution in [2.45, 2.75) is 65.2 Å². The third-order valence-electron chi connectivity index (χ3n) is 4.95. The Morgan fingerprint density at radius 1 is 0.974 bits per heavy atom. The van der Waals surface area contributed by atoms with Gasteiger partial charge in [0.15, 0.2) is 0 Å². The predicted molar refractivity (Wildman–Crippen MR) is 135 cm³/mol. The Morgan fingerprint density at radius 2 is 1.53 bits per heavy atom. The van der Waals surface area contributed by atoms with Crippen LogP contribution in [0.1, 0.15) is 64.4 Å². The predicted octanol–water partition coefficient (Wildman–Crippen LogP) is 3.51. The molecule has 0 radical (unpaired) electrons. The molecule has 1 aromatic carbocycles. The van der Waals surface area contributed by atoms with Gasteiger partial charge in [0, 0.05) is 12.6 Å². The third kappa shape index (κ3) is 6.39. The first-order chi connectivity index (χ1) is 17.5. The number of amides is 2. The summed E-state index contributed by atoms with van der Waals surface area (Å²) in [7, 11) is 3.84. The number of likely N-dealkylation sites (N-methyl/N-ethyl adjacent to an activating group) is 1. The summed E-state index contributed by atoms with van der Waals surface area (Å²) >= 11 is 0. The van der Waals surface area contributed by atoms with Crippen molar-refractivity contribution < 1.29 is 43.1 Å². The molecule has 13 heteroatoms. The molecule has 0 spiro atoms. The van der Waals surface area contributed by atoms with E-state index in [2.05, 4.69) is 10.3 Å². The van der Waals surface area contributed by atoms with E-state index in [9.17, 15) is 19.2 Å². The monoisotopic (exact) mass is 534 g/mol. The number of nitrogens with zero attached hydrogens (tertiary/aromatic N) is 4. The van der Waals surface area contributed by atoms with E-state index in [4.69, 9.17) is 23.9 Å². The number of ether oxygens (including phenoxy) is 3.